The molecule has 136 valence electrons. The van der Waals surface area contributed by atoms with Gasteiger partial charge in [0.2, 0.25) is 5.91 Å². The van der Waals surface area contributed by atoms with Gasteiger partial charge in [-0.25, -0.2) is 0 Å². The van der Waals surface area contributed by atoms with Crippen molar-refractivity contribution < 1.29 is 9.53 Å². The Kier molecular flexibility index (Phi) is 9.51. The normalized spacial score (nSPS) is 14.4. The molecule has 1 N–H and O–H groups in total. The number of hydrogen-bond donors (Lipinski definition) is 1. The van der Waals surface area contributed by atoms with E-state index in [1.807, 2.05) is 11.2 Å². The maximum absolute atomic E-state index is 12.2. The molecule has 1 heterocycles. The summed E-state index contributed by atoms with van der Waals surface area (Å²) in [6, 6.07) is 6.31. The molecule has 2 rings (SSSR count). The van der Waals surface area contributed by atoms with E-state index in [9.17, 15) is 4.79 Å². The Bertz CT molecular complexity index is 525. The minimum Gasteiger partial charge on any atom is -0.496 e. The number of carbonyl (C=O) groups is 1. The molecule has 0 aliphatic carbocycles. The predicted octanol–water partition coefficient (Wildman–Crippen LogP) is 2.09. The lowest BCUT2D eigenvalue weighted by Gasteiger charge is -2.28. The zero-order valence-electron chi connectivity index (χ0n) is 14.7. The highest BCUT2D eigenvalue weighted by atomic mass is 35.5. The number of amides is 1. The van der Waals surface area contributed by atoms with Gasteiger partial charge in [0.1, 0.15) is 5.75 Å². The second-order valence-corrected chi connectivity index (χ2v) is 6.66. The number of piperazine rings is 1. The van der Waals surface area contributed by atoms with E-state index in [0.717, 1.165) is 49.9 Å². The SMILES string of the molecule is COc1cc(CN(C)CCC(=O)N2CCNCC2)ccc1SC.Cl. The van der Waals surface area contributed by atoms with Crippen molar-refractivity contribution in [3.63, 3.8) is 0 Å². The Balaban J connectivity index is 0.00000288. The van der Waals surface area contributed by atoms with Gasteiger partial charge in [0.15, 0.2) is 0 Å². The molecule has 0 atom stereocenters. The van der Waals surface area contributed by atoms with E-state index in [0.29, 0.717) is 6.42 Å². The van der Waals surface area contributed by atoms with Gasteiger partial charge in [-0.05, 0) is 31.0 Å². The van der Waals surface area contributed by atoms with Crippen LogP contribution in [-0.4, -0.2) is 68.8 Å². The topological polar surface area (TPSA) is 44.8 Å². The monoisotopic (exact) mass is 373 g/mol. The maximum atomic E-state index is 12.2. The zero-order chi connectivity index (χ0) is 16.7. The number of thioether (sulfide) groups is 1. The van der Waals surface area contributed by atoms with Gasteiger partial charge < -0.3 is 19.9 Å². The number of nitrogens with zero attached hydrogens (tertiary/aromatic N) is 2. The van der Waals surface area contributed by atoms with Crippen LogP contribution < -0.4 is 10.1 Å². The molecule has 0 bridgehead atoms. The summed E-state index contributed by atoms with van der Waals surface area (Å²) in [6.45, 7) is 5.06. The lowest BCUT2D eigenvalue weighted by molar-refractivity contribution is -0.132. The average Bonchev–Trinajstić information content (AvgIpc) is 2.60. The third-order valence-corrected chi connectivity index (χ3v) is 4.85. The molecule has 7 heteroatoms. The molecule has 0 radical (unpaired) electrons. The lowest BCUT2D eigenvalue weighted by atomic mass is 10.2. The fourth-order valence-corrected chi connectivity index (χ4v) is 3.28. The van der Waals surface area contributed by atoms with Gasteiger partial charge in [-0.3, -0.25) is 4.79 Å². The minimum atomic E-state index is 0. The quantitative estimate of drug-likeness (QED) is 0.741. The first-order valence-corrected chi connectivity index (χ1v) is 9.24. The van der Waals surface area contributed by atoms with Crippen molar-refractivity contribution in [2.75, 3.05) is 53.1 Å². The van der Waals surface area contributed by atoms with Gasteiger partial charge >= 0.3 is 0 Å². The molecular formula is C17H28ClN3O2S. The number of ether oxygens (including phenoxy) is 1. The van der Waals surface area contributed by atoms with Crippen LogP contribution in [0.4, 0.5) is 0 Å². The molecule has 0 saturated carbocycles. The van der Waals surface area contributed by atoms with Crippen LogP contribution in [0.5, 0.6) is 5.75 Å². The smallest absolute Gasteiger partial charge is 0.223 e. The Hall–Kier alpha value is -0.950. The van der Waals surface area contributed by atoms with Crippen LogP contribution in [0.25, 0.3) is 0 Å². The van der Waals surface area contributed by atoms with Crippen LogP contribution in [0.1, 0.15) is 12.0 Å². The van der Waals surface area contributed by atoms with Crippen molar-refractivity contribution in [3.8, 4) is 5.75 Å². The summed E-state index contributed by atoms with van der Waals surface area (Å²) in [5.74, 6) is 1.17. The third-order valence-electron chi connectivity index (χ3n) is 4.08. The largest absolute Gasteiger partial charge is 0.496 e. The highest BCUT2D eigenvalue weighted by Gasteiger charge is 2.16. The van der Waals surface area contributed by atoms with Crippen molar-refractivity contribution in [3.05, 3.63) is 23.8 Å². The van der Waals surface area contributed by atoms with Gasteiger partial charge in [0.05, 0.1) is 7.11 Å². The van der Waals surface area contributed by atoms with Crippen LogP contribution in [0, 0.1) is 0 Å². The fourth-order valence-electron chi connectivity index (χ4n) is 2.73. The van der Waals surface area contributed by atoms with Gasteiger partial charge in [-0.2, -0.15) is 0 Å². The molecule has 24 heavy (non-hydrogen) atoms. The standard InChI is InChI=1S/C17H27N3O2S.ClH/c1-19(9-6-17(21)20-10-7-18-8-11-20)13-14-4-5-16(23-3)15(12-14)22-2;/h4-5,12,18H,6-11,13H2,1-3H3;1H. The van der Waals surface area contributed by atoms with Gasteiger partial charge in [0, 0.05) is 50.6 Å². The molecule has 1 aromatic carbocycles. The van der Waals surface area contributed by atoms with Crippen LogP contribution >= 0.6 is 24.2 Å². The maximum Gasteiger partial charge on any atom is 0.223 e. The van der Waals surface area contributed by atoms with Crippen molar-refractivity contribution in [1.29, 1.82) is 0 Å². The predicted molar refractivity (Wildman–Crippen MR) is 102 cm³/mol. The molecule has 1 amide bonds. The Morgan fingerprint density at radius 2 is 2.08 bits per heavy atom. The van der Waals surface area contributed by atoms with Crippen molar-refractivity contribution in [2.45, 2.75) is 17.9 Å². The Labute approximate surface area is 155 Å². The van der Waals surface area contributed by atoms with Gasteiger partial charge in [0.25, 0.3) is 0 Å². The summed E-state index contributed by atoms with van der Waals surface area (Å²) < 4.78 is 5.43. The molecule has 1 aliphatic rings. The first-order chi connectivity index (χ1) is 11.1. The molecule has 1 saturated heterocycles. The van der Waals surface area contributed by atoms with Crippen molar-refractivity contribution in [1.82, 2.24) is 15.1 Å². The van der Waals surface area contributed by atoms with E-state index >= 15 is 0 Å². The van der Waals surface area contributed by atoms with E-state index in [4.69, 9.17) is 4.74 Å². The zero-order valence-corrected chi connectivity index (χ0v) is 16.3. The van der Waals surface area contributed by atoms with Crippen LogP contribution in [0.3, 0.4) is 0 Å². The summed E-state index contributed by atoms with van der Waals surface area (Å²) in [5, 5.41) is 3.27. The molecule has 1 aliphatic heterocycles. The molecular weight excluding hydrogens is 346 g/mol. The fraction of sp³-hybridized carbons (Fsp3) is 0.588. The molecule has 0 aromatic heterocycles. The van der Waals surface area contributed by atoms with Crippen molar-refractivity contribution >= 4 is 30.1 Å². The number of nitrogens with one attached hydrogen (secondary N) is 1. The highest BCUT2D eigenvalue weighted by molar-refractivity contribution is 7.98. The summed E-state index contributed by atoms with van der Waals surface area (Å²) in [4.78, 5) is 17.5. The number of rotatable bonds is 7. The molecule has 0 unspecified atom stereocenters. The summed E-state index contributed by atoms with van der Waals surface area (Å²) in [7, 11) is 3.76. The Morgan fingerprint density at radius 3 is 2.71 bits per heavy atom. The van der Waals surface area contributed by atoms with Crippen LogP contribution in [0.15, 0.2) is 23.1 Å². The number of benzene rings is 1. The average molecular weight is 374 g/mol. The number of methoxy groups -OCH3 is 1. The summed E-state index contributed by atoms with van der Waals surface area (Å²) in [5.41, 5.74) is 1.21. The summed E-state index contributed by atoms with van der Waals surface area (Å²) in [6.07, 6.45) is 2.63. The van der Waals surface area contributed by atoms with Gasteiger partial charge in [-0.1, -0.05) is 6.07 Å². The van der Waals surface area contributed by atoms with Crippen LogP contribution in [-0.2, 0) is 11.3 Å². The lowest BCUT2D eigenvalue weighted by Crippen LogP contribution is -2.47. The molecule has 1 aromatic rings. The molecule has 0 spiro atoms. The number of carbonyl (C=O) groups excluding carboxylic acids is 1. The highest BCUT2D eigenvalue weighted by Crippen LogP contribution is 2.28. The van der Waals surface area contributed by atoms with E-state index in [-0.39, 0.29) is 18.3 Å². The Morgan fingerprint density at radius 1 is 1.38 bits per heavy atom. The molecule has 1 fully saturated rings. The van der Waals surface area contributed by atoms with Crippen LogP contribution in [0.2, 0.25) is 0 Å². The first-order valence-electron chi connectivity index (χ1n) is 8.02. The first kappa shape index (κ1) is 21.1. The third kappa shape index (κ3) is 6.16. The van der Waals surface area contributed by atoms with E-state index in [1.54, 1.807) is 18.9 Å². The number of halogens is 1. The minimum absolute atomic E-state index is 0. The van der Waals surface area contributed by atoms with Crippen molar-refractivity contribution in [2.24, 2.45) is 0 Å². The molecule has 5 nitrogen and oxygen atoms in total. The van der Waals surface area contributed by atoms with E-state index in [2.05, 4.69) is 35.5 Å². The van der Waals surface area contributed by atoms with E-state index < -0.39 is 0 Å². The second kappa shape index (κ2) is 10.8. The number of hydrogen-bond acceptors (Lipinski definition) is 5. The van der Waals surface area contributed by atoms with Gasteiger partial charge in [-0.15, -0.1) is 24.2 Å². The summed E-state index contributed by atoms with van der Waals surface area (Å²) >= 11 is 1.68. The van der Waals surface area contributed by atoms with E-state index in [1.165, 1.54) is 5.56 Å². The second-order valence-electron chi connectivity index (χ2n) is 5.81.